The molecule has 1 aromatic rings. The van der Waals surface area contributed by atoms with Gasteiger partial charge in [-0.2, -0.15) is 5.10 Å². The van der Waals surface area contributed by atoms with Crippen LogP contribution in [0.5, 0.6) is 0 Å². The monoisotopic (exact) mass is 362 g/mol. The largest absolute Gasteiger partial charge is 0.476 e. The van der Waals surface area contributed by atoms with Crippen LogP contribution < -0.4 is 0 Å². The van der Waals surface area contributed by atoms with Gasteiger partial charge in [-0.1, -0.05) is 6.08 Å². The Bertz CT molecular complexity index is 692. The van der Waals surface area contributed by atoms with Crippen molar-refractivity contribution in [1.29, 1.82) is 0 Å². The van der Waals surface area contributed by atoms with Crippen LogP contribution in [-0.2, 0) is 24.1 Å². The Labute approximate surface area is 153 Å². The minimum atomic E-state index is -0.975. The zero-order chi connectivity index (χ0) is 18.7. The normalized spacial score (nSPS) is 20.5. The van der Waals surface area contributed by atoms with Crippen LogP contribution >= 0.6 is 0 Å². The third kappa shape index (κ3) is 3.60. The lowest BCUT2D eigenvalue weighted by Crippen LogP contribution is -2.53. The number of amides is 1. The van der Waals surface area contributed by atoms with E-state index in [9.17, 15) is 14.7 Å². The van der Waals surface area contributed by atoms with Crippen LogP contribution in [0.4, 0.5) is 4.79 Å². The summed E-state index contributed by atoms with van der Waals surface area (Å²) >= 11 is 0. The van der Waals surface area contributed by atoms with E-state index in [4.69, 9.17) is 4.74 Å². The predicted octanol–water partition coefficient (Wildman–Crippen LogP) is 1.40. The number of carboxylic acids is 1. The first kappa shape index (κ1) is 18.4. The van der Waals surface area contributed by atoms with Crippen molar-refractivity contribution in [1.82, 2.24) is 19.6 Å². The molecule has 1 aromatic heterocycles. The number of carbonyl (C=O) groups is 2. The smallest absolute Gasteiger partial charge is 0.409 e. The van der Waals surface area contributed by atoms with E-state index in [1.54, 1.807) is 22.6 Å². The Kier molecular flexibility index (Phi) is 5.61. The molecule has 0 aromatic carbocycles. The molecule has 1 N–H and O–H groups in total. The van der Waals surface area contributed by atoms with Crippen molar-refractivity contribution in [3.8, 4) is 0 Å². The Morgan fingerprint density at radius 2 is 2.08 bits per heavy atom. The molecule has 3 rings (SSSR count). The quantitative estimate of drug-likeness (QED) is 0.797. The topological polar surface area (TPSA) is 87.9 Å². The maximum absolute atomic E-state index is 11.8. The zero-order valence-corrected chi connectivity index (χ0v) is 15.2. The summed E-state index contributed by atoms with van der Waals surface area (Å²) < 4.78 is 6.83. The van der Waals surface area contributed by atoms with E-state index in [2.05, 4.69) is 16.6 Å². The molecule has 8 heteroatoms. The van der Waals surface area contributed by atoms with Crippen LogP contribution in [0, 0.1) is 0 Å². The molecule has 2 heterocycles. The second-order valence-electron chi connectivity index (χ2n) is 6.67. The van der Waals surface area contributed by atoms with Gasteiger partial charge in [0.1, 0.15) is 0 Å². The fraction of sp³-hybridized carbons (Fsp3) is 0.611. The number of ether oxygens (including phenoxy) is 1. The molecular formula is C18H26N4O4. The van der Waals surface area contributed by atoms with Crippen molar-refractivity contribution in [2.75, 3.05) is 32.8 Å². The number of hydrogen-bond acceptors (Lipinski definition) is 5. The van der Waals surface area contributed by atoms with Gasteiger partial charge in [-0.3, -0.25) is 9.58 Å². The fourth-order valence-corrected chi connectivity index (χ4v) is 3.91. The number of carbonyl (C=O) groups excluding carboxylic acids is 1. The molecule has 142 valence electrons. The molecule has 1 unspecified atom stereocenters. The van der Waals surface area contributed by atoms with Crippen molar-refractivity contribution in [2.45, 2.75) is 38.8 Å². The van der Waals surface area contributed by atoms with Crippen molar-refractivity contribution >= 4 is 12.1 Å². The van der Waals surface area contributed by atoms with E-state index >= 15 is 0 Å². The van der Waals surface area contributed by atoms with Crippen LogP contribution in [0.1, 0.15) is 35.1 Å². The second-order valence-corrected chi connectivity index (χ2v) is 6.67. The third-order valence-electron chi connectivity index (χ3n) is 5.18. The number of allylic oxidation sites excluding steroid dienone is 1. The first-order valence-corrected chi connectivity index (χ1v) is 9.13. The Balaban J connectivity index is 1.68. The second kappa shape index (κ2) is 7.90. The molecule has 1 aliphatic heterocycles. The molecule has 1 aliphatic carbocycles. The van der Waals surface area contributed by atoms with Crippen LogP contribution in [-0.4, -0.2) is 75.6 Å². The van der Waals surface area contributed by atoms with E-state index in [1.807, 2.05) is 0 Å². The molecule has 26 heavy (non-hydrogen) atoms. The standard InChI is InChI=1S/C18H26N4O4/c1-3-7-22-15-6-5-13(12-14(15)16(19-22)17(23)24)20-8-10-21(11-9-20)18(25)26-4-2/h3,13H,1,4-12H2,2H3,(H,23,24). The maximum atomic E-state index is 11.8. The van der Waals surface area contributed by atoms with Gasteiger partial charge in [-0.25, -0.2) is 9.59 Å². The number of carboxylic acid groups (broad SMARTS) is 1. The van der Waals surface area contributed by atoms with Crippen molar-refractivity contribution in [3.05, 3.63) is 29.6 Å². The molecule has 0 saturated carbocycles. The highest BCUT2D eigenvalue weighted by atomic mass is 16.6. The Morgan fingerprint density at radius 3 is 2.69 bits per heavy atom. The molecule has 1 amide bonds. The summed E-state index contributed by atoms with van der Waals surface area (Å²) in [4.78, 5) is 27.5. The molecule has 1 fully saturated rings. The van der Waals surface area contributed by atoms with Gasteiger partial charge in [0, 0.05) is 43.5 Å². The summed E-state index contributed by atoms with van der Waals surface area (Å²) in [5, 5.41) is 13.8. The number of aromatic carboxylic acids is 1. The van der Waals surface area contributed by atoms with E-state index in [0.717, 1.165) is 37.2 Å². The van der Waals surface area contributed by atoms with E-state index in [1.165, 1.54) is 0 Å². The number of aromatic nitrogens is 2. The SMILES string of the molecule is C=CCn1nc(C(=O)O)c2c1CCC(N1CCN(C(=O)OCC)CC1)C2. The molecule has 0 bridgehead atoms. The molecule has 8 nitrogen and oxygen atoms in total. The summed E-state index contributed by atoms with van der Waals surface area (Å²) in [6, 6.07) is 0.284. The lowest BCUT2D eigenvalue weighted by Gasteiger charge is -2.40. The summed E-state index contributed by atoms with van der Waals surface area (Å²) in [6.45, 7) is 9.29. The predicted molar refractivity (Wildman–Crippen MR) is 95.4 cm³/mol. The highest BCUT2D eigenvalue weighted by Crippen LogP contribution is 2.28. The lowest BCUT2D eigenvalue weighted by molar-refractivity contribution is 0.0621. The summed E-state index contributed by atoms with van der Waals surface area (Å²) in [5.74, 6) is -0.975. The van der Waals surface area contributed by atoms with Crippen LogP contribution in [0.25, 0.3) is 0 Å². The minimum Gasteiger partial charge on any atom is -0.476 e. The molecule has 2 aliphatic rings. The van der Waals surface area contributed by atoms with Gasteiger partial charge in [0.2, 0.25) is 0 Å². The summed E-state index contributed by atoms with van der Waals surface area (Å²) in [6.07, 6.45) is 3.95. The van der Waals surface area contributed by atoms with Crippen LogP contribution in [0.2, 0.25) is 0 Å². The summed E-state index contributed by atoms with van der Waals surface area (Å²) in [7, 11) is 0. The van der Waals surface area contributed by atoms with Gasteiger partial charge in [0.15, 0.2) is 5.69 Å². The zero-order valence-electron chi connectivity index (χ0n) is 15.2. The number of hydrogen-bond donors (Lipinski definition) is 1. The van der Waals surface area contributed by atoms with Crippen molar-refractivity contribution < 1.29 is 19.4 Å². The molecule has 0 radical (unpaired) electrons. The number of rotatable bonds is 5. The van der Waals surface area contributed by atoms with E-state index in [-0.39, 0.29) is 17.8 Å². The minimum absolute atomic E-state index is 0.164. The maximum Gasteiger partial charge on any atom is 0.409 e. The highest BCUT2D eigenvalue weighted by molar-refractivity contribution is 5.87. The highest BCUT2D eigenvalue weighted by Gasteiger charge is 2.33. The summed E-state index contributed by atoms with van der Waals surface area (Å²) in [5.41, 5.74) is 2.03. The van der Waals surface area contributed by atoms with Gasteiger partial charge in [-0.05, 0) is 26.2 Å². The number of fused-ring (bicyclic) bond motifs is 1. The first-order valence-electron chi connectivity index (χ1n) is 9.13. The molecule has 1 saturated heterocycles. The molecular weight excluding hydrogens is 336 g/mol. The Hall–Kier alpha value is -2.35. The number of piperazine rings is 1. The van der Waals surface area contributed by atoms with E-state index < -0.39 is 5.97 Å². The van der Waals surface area contributed by atoms with Gasteiger partial charge in [0.05, 0.1) is 13.2 Å². The van der Waals surface area contributed by atoms with Gasteiger partial charge in [-0.15, -0.1) is 6.58 Å². The van der Waals surface area contributed by atoms with Gasteiger partial charge < -0.3 is 14.7 Å². The molecule has 1 atom stereocenters. The fourth-order valence-electron chi connectivity index (χ4n) is 3.91. The average Bonchev–Trinajstić information content (AvgIpc) is 3.00. The van der Waals surface area contributed by atoms with Gasteiger partial charge in [0.25, 0.3) is 0 Å². The van der Waals surface area contributed by atoms with Crippen LogP contribution in [0.15, 0.2) is 12.7 Å². The van der Waals surface area contributed by atoms with E-state index in [0.29, 0.717) is 32.7 Å². The third-order valence-corrected chi connectivity index (χ3v) is 5.18. The average molecular weight is 362 g/mol. The van der Waals surface area contributed by atoms with Crippen molar-refractivity contribution in [2.24, 2.45) is 0 Å². The number of nitrogens with zero attached hydrogens (tertiary/aromatic N) is 4. The van der Waals surface area contributed by atoms with Gasteiger partial charge >= 0.3 is 12.1 Å². The lowest BCUT2D eigenvalue weighted by atomic mass is 9.90. The molecule has 0 spiro atoms. The first-order chi connectivity index (χ1) is 12.5. The van der Waals surface area contributed by atoms with Crippen molar-refractivity contribution in [3.63, 3.8) is 0 Å². The Morgan fingerprint density at radius 1 is 1.35 bits per heavy atom. The van der Waals surface area contributed by atoms with Crippen LogP contribution in [0.3, 0.4) is 0 Å².